The Hall–Kier alpha value is -3.91. The largest absolute Gasteiger partial charge is 0.454 e. The Labute approximate surface area is 217 Å². The van der Waals surface area contributed by atoms with Crippen LogP contribution in [0, 0.1) is 10.1 Å². The molecule has 2 aromatic carbocycles. The van der Waals surface area contributed by atoms with Crippen LogP contribution >= 0.6 is 0 Å². The zero-order valence-corrected chi connectivity index (χ0v) is 21.1. The first-order chi connectivity index (χ1) is 18.1. The van der Waals surface area contributed by atoms with Gasteiger partial charge in [-0.2, -0.15) is 0 Å². The number of rotatable bonds is 11. The molecule has 1 aliphatic heterocycles. The minimum absolute atomic E-state index is 0.100. The summed E-state index contributed by atoms with van der Waals surface area (Å²) in [4.78, 5) is 18.0. The van der Waals surface area contributed by atoms with Crippen LogP contribution in [0.25, 0.3) is 5.57 Å². The molecule has 37 heavy (non-hydrogen) atoms. The molecular weight excluding hydrogens is 468 g/mol. The fourth-order valence-corrected chi connectivity index (χ4v) is 4.82. The highest BCUT2D eigenvalue weighted by Gasteiger charge is 2.19. The van der Waals surface area contributed by atoms with Gasteiger partial charge in [-0.3, -0.25) is 15.0 Å². The van der Waals surface area contributed by atoms with E-state index in [4.69, 9.17) is 14.5 Å². The zero-order valence-electron chi connectivity index (χ0n) is 21.1. The van der Waals surface area contributed by atoms with Gasteiger partial charge in [-0.25, -0.2) is 4.98 Å². The first-order valence-corrected chi connectivity index (χ1v) is 12.9. The molecule has 8 heteroatoms. The number of hydrogen-bond acceptors (Lipinski definition) is 6. The van der Waals surface area contributed by atoms with Crippen molar-refractivity contribution in [3.8, 4) is 11.5 Å². The minimum atomic E-state index is -0.364. The van der Waals surface area contributed by atoms with Crippen molar-refractivity contribution in [3.05, 3.63) is 99.6 Å². The molecule has 0 fully saturated rings. The molecule has 1 aliphatic carbocycles. The lowest BCUT2D eigenvalue weighted by molar-refractivity contribution is -0.384. The van der Waals surface area contributed by atoms with Crippen molar-refractivity contribution < 1.29 is 14.4 Å². The number of benzene rings is 2. The zero-order chi connectivity index (χ0) is 25.6. The van der Waals surface area contributed by atoms with Gasteiger partial charge in [0.2, 0.25) is 6.79 Å². The topological polar surface area (TPSA) is 82.7 Å². The van der Waals surface area contributed by atoms with Gasteiger partial charge in [0.15, 0.2) is 11.5 Å². The molecule has 2 heterocycles. The predicted octanol–water partition coefficient (Wildman–Crippen LogP) is 6.26. The monoisotopic (exact) mass is 500 g/mol. The lowest BCUT2D eigenvalue weighted by atomic mass is 10.0. The lowest BCUT2D eigenvalue weighted by Crippen LogP contribution is -2.24. The van der Waals surface area contributed by atoms with Crippen LogP contribution in [0.2, 0.25) is 0 Å². The van der Waals surface area contributed by atoms with Crippen LogP contribution in [0.5, 0.6) is 11.5 Å². The quantitative estimate of drug-likeness (QED) is 0.228. The van der Waals surface area contributed by atoms with E-state index in [1.807, 2.05) is 30.5 Å². The molecule has 0 saturated carbocycles. The van der Waals surface area contributed by atoms with Gasteiger partial charge in [-0.15, -0.1) is 0 Å². The molecule has 0 spiro atoms. The summed E-state index contributed by atoms with van der Waals surface area (Å²) in [5, 5.41) is 11.1. The Kier molecular flexibility index (Phi) is 7.65. The molecule has 5 rings (SSSR count). The van der Waals surface area contributed by atoms with Crippen molar-refractivity contribution in [2.75, 3.05) is 6.79 Å². The average Bonchev–Trinajstić information content (AvgIpc) is 3.55. The second-order valence-corrected chi connectivity index (χ2v) is 9.49. The number of nitro benzene ring substituents is 1. The van der Waals surface area contributed by atoms with Gasteiger partial charge in [-0.05, 0) is 48.1 Å². The Morgan fingerprint density at radius 3 is 2.59 bits per heavy atom. The van der Waals surface area contributed by atoms with Crippen molar-refractivity contribution in [3.63, 3.8) is 0 Å². The maximum absolute atomic E-state index is 11.1. The number of unbranched alkanes of at least 4 members (excludes halogenated alkanes) is 1. The Balaban J connectivity index is 1.43. The lowest BCUT2D eigenvalue weighted by Gasteiger charge is -2.24. The third-order valence-electron chi connectivity index (χ3n) is 6.76. The number of nitro groups is 1. The fraction of sp³-hybridized carbons (Fsp3) is 0.345. The van der Waals surface area contributed by atoms with E-state index in [0.29, 0.717) is 19.6 Å². The summed E-state index contributed by atoms with van der Waals surface area (Å²) in [5.74, 6) is 2.59. The third kappa shape index (κ3) is 5.91. The molecule has 0 atom stereocenters. The van der Waals surface area contributed by atoms with Gasteiger partial charge in [0.25, 0.3) is 5.69 Å². The Bertz CT molecular complexity index is 1310. The highest BCUT2D eigenvalue weighted by atomic mass is 16.7. The summed E-state index contributed by atoms with van der Waals surface area (Å²) < 4.78 is 13.4. The smallest absolute Gasteiger partial charge is 0.269 e. The molecular formula is C29H32N4O4. The van der Waals surface area contributed by atoms with Crippen molar-refractivity contribution in [1.82, 2.24) is 14.5 Å². The standard InChI is InChI=1S/C29H32N4O4/c1-2-3-15-32-26(17-30-29(32)24-7-5-4-6-8-24)20-31(18-22-9-12-25(13-10-22)33(34)35)19-23-11-14-27-28(16-23)37-21-36-27/h4-5,7,9-14,16-17H,2-3,6,8,15,18-21H2,1H3. The van der Waals surface area contributed by atoms with Crippen molar-refractivity contribution >= 4 is 11.3 Å². The van der Waals surface area contributed by atoms with Crippen molar-refractivity contribution in [2.45, 2.75) is 58.8 Å². The van der Waals surface area contributed by atoms with Crippen molar-refractivity contribution in [2.24, 2.45) is 0 Å². The van der Waals surface area contributed by atoms with Gasteiger partial charge < -0.3 is 14.0 Å². The number of fused-ring (bicyclic) bond motifs is 1. The molecule has 0 N–H and O–H groups in total. The minimum Gasteiger partial charge on any atom is -0.454 e. The Morgan fingerprint density at radius 2 is 1.84 bits per heavy atom. The van der Waals surface area contributed by atoms with Crippen LogP contribution in [0.4, 0.5) is 5.69 Å². The van der Waals surface area contributed by atoms with Gasteiger partial charge in [0.1, 0.15) is 5.82 Å². The maximum atomic E-state index is 11.1. The predicted molar refractivity (Wildman–Crippen MR) is 142 cm³/mol. The highest BCUT2D eigenvalue weighted by molar-refractivity contribution is 5.63. The van der Waals surface area contributed by atoms with Crippen LogP contribution in [-0.2, 0) is 26.2 Å². The molecule has 8 nitrogen and oxygen atoms in total. The summed E-state index contributed by atoms with van der Waals surface area (Å²) in [6, 6.07) is 12.9. The molecule has 2 aliphatic rings. The number of aromatic nitrogens is 2. The van der Waals surface area contributed by atoms with E-state index < -0.39 is 0 Å². The number of ether oxygens (including phenoxy) is 2. The van der Waals surface area contributed by atoms with E-state index in [-0.39, 0.29) is 17.4 Å². The van der Waals surface area contributed by atoms with Crippen LogP contribution in [-0.4, -0.2) is 26.2 Å². The molecule has 3 aromatic rings. The SMILES string of the molecule is CCCCn1c(CN(Cc2ccc([N+](=O)[O-])cc2)Cc2ccc3c(c2)OCO3)cnc1C1=CC=CCC1. The molecule has 0 unspecified atom stereocenters. The van der Waals surface area contributed by atoms with E-state index in [9.17, 15) is 10.1 Å². The van der Waals surface area contributed by atoms with E-state index in [0.717, 1.165) is 60.7 Å². The van der Waals surface area contributed by atoms with Crippen LogP contribution in [0.15, 0.2) is 66.9 Å². The van der Waals surface area contributed by atoms with Crippen LogP contribution in [0.3, 0.4) is 0 Å². The van der Waals surface area contributed by atoms with E-state index >= 15 is 0 Å². The highest BCUT2D eigenvalue weighted by Crippen LogP contribution is 2.33. The average molecular weight is 501 g/mol. The number of non-ortho nitro benzene ring substituents is 1. The maximum Gasteiger partial charge on any atom is 0.269 e. The van der Waals surface area contributed by atoms with Crippen LogP contribution < -0.4 is 9.47 Å². The number of allylic oxidation sites excluding steroid dienone is 4. The molecule has 0 saturated heterocycles. The fourth-order valence-electron chi connectivity index (χ4n) is 4.82. The summed E-state index contributed by atoms with van der Waals surface area (Å²) in [6.45, 7) is 5.41. The summed E-state index contributed by atoms with van der Waals surface area (Å²) in [6.07, 6.45) is 12.7. The second-order valence-electron chi connectivity index (χ2n) is 9.49. The van der Waals surface area contributed by atoms with Gasteiger partial charge >= 0.3 is 0 Å². The van der Waals surface area contributed by atoms with E-state index in [2.05, 4.69) is 40.7 Å². The summed E-state index contributed by atoms with van der Waals surface area (Å²) in [5.41, 5.74) is 4.68. The van der Waals surface area contributed by atoms with Crippen LogP contribution in [0.1, 0.15) is 55.3 Å². The molecule has 1 aromatic heterocycles. The number of hydrogen-bond donors (Lipinski definition) is 0. The molecule has 0 amide bonds. The Morgan fingerprint density at radius 1 is 1.05 bits per heavy atom. The third-order valence-corrected chi connectivity index (χ3v) is 6.76. The molecule has 192 valence electrons. The normalized spacial score (nSPS) is 14.3. The van der Waals surface area contributed by atoms with Gasteiger partial charge in [-0.1, -0.05) is 49.8 Å². The van der Waals surface area contributed by atoms with Crippen molar-refractivity contribution in [1.29, 1.82) is 0 Å². The second kappa shape index (κ2) is 11.4. The van der Waals surface area contributed by atoms with E-state index in [1.54, 1.807) is 12.1 Å². The first kappa shape index (κ1) is 24.8. The van der Waals surface area contributed by atoms with Gasteiger partial charge in [0, 0.05) is 38.3 Å². The number of imidazole rings is 1. The molecule has 0 bridgehead atoms. The summed E-state index contributed by atoms with van der Waals surface area (Å²) in [7, 11) is 0. The molecule has 0 radical (unpaired) electrons. The summed E-state index contributed by atoms with van der Waals surface area (Å²) >= 11 is 0. The first-order valence-electron chi connectivity index (χ1n) is 12.9. The van der Waals surface area contributed by atoms with Gasteiger partial charge in [0.05, 0.1) is 16.8 Å². The van der Waals surface area contributed by atoms with E-state index in [1.165, 1.54) is 11.3 Å². The number of nitrogens with zero attached hydrogens (tertiary/aromatic N) is 4.